The second-order valence-corrected chi connectivity index (χ2v) is 5.60. The minimum atomic E-state index is 0.681. The van der Waals surface area contributed by atoms with Gasteiger partial charge in [0, 0.05) is 13.0 Å². The van der Waals surface area contributed by atoms with Crippen LogP contribution in [-0.4, -0.2) is 11.5 Å². The monoisotopic (exact) mass is 236 g/mol. The van der Waals surface area contributed by atoms with Crippen LogP contribution in [0.3, 0.4) is 0 Å². The van der Waals surface area contributed by atoms with Crippen LogP contribution in [0.15, 0.2) is 10.8 Å². The van der Waals surface area contributed by atoms with Crippen molar-refractivity contribution in [3.05, 3.63) is 17.8 Å². The smallest absolute Gasteiger partial charge is 0.181 e. The molecule has 1 aromatic rings. The number of oxazole rings is 1. The van der Waals surface area contributed by atoms with Gasteiger partial charge in [0.15, 0.2) is 6.39 Å². The molecule has 2 rings (SSSR count). The molecular weight excluding hydrogens is 212 g/mol. The van der Waals surface area contributed by atoms with Crippen molar-refractivity contribution in [1.82, 2.24) is 10.3 Å². The second-order valence-electron chi connectivity index (χ2n) is 5.60. The van der Waals surface area contributed by atoms with Crippen molar-refractivity contribution in [3.8, 4) is 0 Å². The topological polar surface area (TPSA) is 38.1 Å². The van der Waals surface area contributed by atoms with E-state index in [2.05, 4.69) is 24.1 Å². The van der Waals surface area contributed by atoms with Gasteiger partial charge in [-0.3, -0.25) is 0 Å². The third-order valence-electron chi connectivity index (χ3n) is 3.52. The van der Waals surface area contributed by atoms with Gasteiger partial charge in [-0.25, -0.2) is 4.98 Å². The molecule has 1 aliphatic carbocycles. The Hall–Kier alpha value is -0.830. The van der Waals surface area contributed by atoms with Crippen molar-refractivity contribution in [1.29, 1.82) is 0 Å². The predicted molar refractivity (Wildman–Crippen MR) is 68.7 cm³/mol. The fraction of sp³-hybridized carbons (Fsp3) is 0.786. The summed E-state index contributed by atoms with van der Waals surface area (Å²) in [4.78, 5) is 4.33. The van der Waals surface area contributed by atoms with E-state index in [0.717, 1.165) is 36.9 Å². The van der Waals surface area contributed by atoms with Crippen molar-refractivity contribution < 1.29 is 4.42 Å². The highest BCUT2D eigenvalue weighted by Gasteiger charge is 2.19. The molecule has 17 heavy (non-hydrogen) atoms. The quantitative estimate of drug-likeness (QED) is 0.824. The molecule has 0 atom stereocenters. The Labute approximate surface area is 104 Å². The number of nitrogens with one attached hydrogen (secondary N) is 1. The van der Waals surface area contributed by atoms with Crippen molar-refractivity contribution in [2.45, 2.75) is 52.5 Å². The Morgan fingerprint density at radius 1 is 1.41 bits per heavy atom. The van der Waals surface area contributed by atoms with Gasteiger partial charge in [-0.1, -0.05) is 39.5 Å². The zero-order valence-corrected chi connectivity index (χ0v) is 11.0. The summed E-state index contributed by atoms with van der Waals surface area (Å²) in [6.07, 6.45) is 8.17. The van der Waals surface area contributed by atoms with E-state index < -0.39 is 0 Å². The lowest BCUT2D eigenvalue weighted by Gasteiger charge is -2.09. The molecule has 0 spiro atoms. The Bertz CT molecular complexity index is 327. The van der Waals surface area contributed by atoms with Crippen LogP contribution in [0.25, 0.3) is 0 Å². The number of nitrogens with zero attached hydrogens (tertiary/aromatic N) is 1. The Balaban J connectivity index is 1.83. The van der Waals surface area contributed by atoms with Crippen LogP contribution in [0.5, 0.6) is 0 Å². The molecule has 0 aliphatic heterocycles. The molecule has 0 aromatic carbocycles. The van der Waals surface area contributed by atoms with Crippen LogP contribution < -0.4 is 5.32 Å². The molecule has 0 bridgehead atoms. The highest BCUT2D eigenvalue weighted by atomic mass is 16.3. The molecule has 1 aliphatic rings. The van der Waals surface area contributed by atoms with Crippen LogP contribution in [0.1, 0.15) is 51.0 Å². The number of rotatable bonds is 6. The Kier molecular flexibility index (Phi) is 4.60. The fourth-order valence-corrected chi connectivity index (χ4v) is 2.56. The van der Waals surface area contributed by atoms with Crippen molar-refractivity contribution in [2.24, 2.45) is 11.8 Å². The highest BCUT2D eigenvalue weighted by molar-refractivity contribution is 5.08. The summed E-state index contributed by atoms with van der Waals surface area (Å²) in [5, 5.41) is 3.43. The molecule has 3 nitrogen and oxygen atoms in total. The zero-order chi connectivity index (χ0) is 12.1. The largest absolute Gasteiger partial charge is 0.448 e. The lowest BCUT2D eigenvalue weighted by molar-refractivity contribution is 0.436. The minimum absolute atomic E-state index is 0.681. The van der Waals surface area contributed by atoms with Crippen LogP contribution in [0.4, 0.5) is 0 Å². The summed E-state index contributed by atoms with van der Waals surface area (Å²) < 4.78 is 5.53. The van der Waals surface area contributed by atoms with E-state index in [4.69, 9.17) is 4.42 Å². The standard InChI is InChI=1S/C14H24N2O/c1-11(2)8-15-9-13-14(17-10-16-13)7-12-5-3-4-6-12/h10-12,15H,3-9H2,1-2H3. The molecule has 0 radical (unpaired) electrons. The van der Waals surface area contributed by atoms with Crippen LogP contribution >= 0.6 is 0 Å². The van der Waals surface area contributed by atoms with E-state index in [-0.39, 0.29) is 0 Å². The van der Waals surface area contributed by atoms with E-state index in [1.165, 1.54) is 25.7 Å². The maximum Gasteiger partial charge on any atom is 0.181 e. The first-order valence-electron chi connectivity index (χ1n) is 6.87. The molecule has 1 N–H and O–H groups in total. The third-order valence-corrected chi connectivity index (χ3v) is 3.52. The summed E-state index contributed by atoms with van der Waals surface area (Å²) in [6, 6.07) is 0. The molecular formula is C14H24N2O. The highest BCUT2D eigenvalue weighted by Crippen LogP contribution is 2.28. The molecule has 1 saturated carbocycles. The summed E-state index contributed by atoms with van der Waals surface area (Å²) >= 11 is 0. The molecule has 96 valence electrons. The number of hydrogen-bond acceptors (Lipinski definition) is 3. The van der Waals surface area contributed by atoms with Crippen LogP contribution in [0.2, 0.25) is 0 Å². The third kappa shape index (κ3) is 3.84. The molecule has 0 unspecified atom stereocenters. The fourth-order valence-electron chi connectivity index (χ4n) is 2.56. The van der Waals surface area contributed by atoms with E-state index in [0.29, 0.717) is 5.92 Å². The van der Waals surface area contributed by atoms with E-state index in [1.807, 2.05) is 0 Å². The first kappa shape index (κ1) is 12.6. The van der Waals surface area contributed by atoms with Gasteiger partial charge in [0.05, 0.1) is 5.69 Å². The normalized spacial score (nSPS) is 17.1. The minimum Gasteiger partial charge on any atom is -0.448 e. The summed E-state index contributed by atoms with van der Waals surface area (Å²) in [6.45, 7) is 6.32. The molecule has 0 saturated heterocycles. The van der Waals surface area contributed by atoms with Gasteiger partial charge < -0.3 is 9.73 Å². The summed E-state index contributed by atoms with van der Waals surface area (Å²) in [7, 11) is 0. The molecule has 1 heterocycles. The number of aromatic nitrogens is 1. The lowest BCUT2D eigenvalue weighted by Crippen LogP contribution is -2.20. The van der Waals surface area contributed by atoms with E-state index in [9.17, 15) is 0 Å². The molecule has 3 heteroatoms. The molecule has 0 amide bonds. The molecule has 1 fully saturated rings. The van der Waals surface area contributed by atoms with Gasteiger partial charge in [-0.2, -0.15) is 0 Å². The van der Waals surface area contributed by atoms with Crippen molar-refractivity contribution in [3.63, 3.8) is 0 Å². The van der Waals surface area contributed by atoms with Gasteiger partial charge >= 0.3 is 0 Å². The van der Waals surface area contributed by atoms with E-state index in [1.54, 1.807) is 6.39 Å². The first-order valence-corrected chi connectivity index (χ1v) is 6.87. The van der Waals surface area contributed by atoms with Gasteiger partial charge in [0.1, 0.15) is 5.76 Å². The number of hydrogen-bond donors (Lipinski definition) is 1. The van der Waals surface area contributed by atoms with Crippen LogP contribution in [0, 0.1) is 11.8 Å². The lowest BCUT2D eigenvalue weighted by atomic mass is 10.0. The van der Waals surface area contributed by atoms with Crippen molar-refractivity contribution >= 4 is 0 Å². The van der Waals surface area contributed by atoms with Gasteiger partial charge in [0.2, 0.25) is 0 Å². The molecule has 1 aromatic heterocycles. The van der Waals surface area contributed by atoms with Gasteiger partial charge in [-0.05, 0) is 18.4 Å². The summed E-state index contributed by atoms with van der Waals surface area (Å²) in [5.74, 6) is 2.61. The summed E-state index contributed by atoms with van der Waals surface area (Å²) in [5.41, 5.74) is 1.11. The maximum absolute atomic E-state index is 5.53. The maximum atomic E-state index is 5.53. The van der Waals surface area contributed by atoms with Crippen molar-refractivity contribution in [2.75, 3.05) is 6.54 Å². The average molecular weight is 236 g/mol. The Morgan fingerprint density at radius 3 is 2.88 bits per heavy atom. The zero-order valence-electron chi connectivity index (χ0n) is 11.0. The first-order chi connectivity index (χ1) is 8.25. The van der Waals surface area contributed by atoms with E-state index >= 15 is 0 Å². The SMILES string of the molecule is CC(C)CNCc1ncoc1CC1CCCC1. The predicted octanol–water partition coefficient (Wildman–Crippen LogP) is 3.15. The van der Waals surface area contributed by atoms with Gasteiger partial charge in [-0.15, -0.1) is 0 Å². The second kappa shape index (κ2) is 6.20. The Morgan fingerprint density at radius 2 is 2.18 bits per heavy atom. The van der Waals surface area contributed by atoms with Gasteiger partial charge in [0.25, 0.3) is 0 Å². The van der Waals surface area contributed by atoms with Crippen LogP contribution in [-0.2, 0) is 13.0 Å². The average Bonchev–Trinajstić information content (AvgIpc) is 2.91.